The van der Waals surface area contributed by atoms with Gasteiger partial charge < -0.3 is 10.2 Å². The Kier molecular flexibility index (Phi) is 3.53. The zero-order chi connectivity index (χ0) is 11.6. The number of nitriles is 1. The first kappa shape index (κ1) is 11.8. The van der Waals surface area contributed by atoms with Gasteiger partial charge in [0.2, 0.25) is 0 Å². The second-order valence-electron chi connectivity index (χ2n) is 2.68. The van der Waals surface area contributed by atoms with Crippen LogP contribution in [0, 0.1) is 11.3 Å². The van der Waals surface area contributed by atoms with Crippen molar-refractivity contribution in [1.82, 2.24) is 0 Å². The lowest BCUT2D eigenvalue weighted by atomic mass is 10.1. The summed E-state index contributed by atoms with van der Waals surface area (Å²) in [4.78, 5) is 10.6. The van der Waals surface area contributed by atoms with Crippen molar-refractivity contribution in [2.75, 3.05) is 0 Å². The molecule has 0 spiro atoms. The molecule has 0 saturated heterocycles. The molecule has 6 heteroatoms. The Labute approximate surface area is 95.3 Å². The Balaban J connectivity index is 3.40. The minimum absolute atomic E-state index is 0.00824. The topological polar surface area (TPSA) is 81.3 Å². The predicted octanol–water partition coefficient (Wildman–Crippen LogP) is 1.98. The second kappa shape index (κ2) is 4.49. The van der Waals surface area contributed by atoms with Crippen LogP contribution in [0.3, 0.4) is 0 Å². The molecule has 0 aliphatic rings. The van der Waals surface area contributed by atoms with E-state index in [1.807, 2.05) is 0 Å². The molecule has 2 N–H and O–H groups in total. The van der Waals surface area contributed by atoms with Gasteiger partial charge in [0.05, 0.1) is 10.6 Å². The van der Waals surface area contributed by atoms with Crippen LogP contribution < -0.4 is 0 Å². The Morgan fingerprint density at radius 1 is 1.47 bits per heavy atom. The summed E-state index contributed by atoms with van der Waals surface area (Å²) in [6, 6.07) is 4.42. The summed E-state index contributed by atoms with van der Waals surface area (Å²) < 4.78 is 0. The van der Waals surface area contributed by atoms with Crippen LogP contribution in [0.25, 0.3) is 0 Å². The van der Waals surface area contributed by atoms with Crippen molar-refractivity contribution in [3.8, 4) is 6.07 Å². The van der Waals surface area contributed by atoms with Crippen LogP contribution in [0.4, 0.5) is 0 Å². The zero-order valence-electron chi connectivity index (χ0n) is 7.24. The number of aliphatic hydroxyl groups is 1. The molecule has 4 nitrogen and oxygen atoms in total. The number of aliphatic hydroxyl groups excluding tert-OH is 1. The molecule has 0 aliphatic carbocycles. The lowest BCUT2D eigenvalue weighted by Crippen LogP contribution is -2.12. The molecule has 78 valence electrons. The number of nitrogens with zero attached hydrogens (tertiary/aromatic N) is 1. The summed E-state index contributed by atoms with van der Waals surface area (Å²) >= 11 is 11.4. The van der Waals surface area contributed by atoms with Gasteiger partial charge in [-0.05, 0) is 12.1 Å². The number of aliphatic carboxylic acids is 1. The Morgan fingerprint density at radius 3 is 2.53 bits per heavy atom. The molecule has 0 aliphatic heterocycles. The van der Waals surface area contributed by atoms with E-state index in [9.17, 15) is 9.90 Å². The molecule has 0 heterocycles. The van der Waals surface area contributed by atoms with E-state index in [0.29, 0.717) is 0 Å². The molecule has 15 heavy (non-hydrogen) atoms. The third-order valence-corrected chi connectivity index (χ3v) is 2.49. The largest absolute Gasteiger partial charge is 0.479 e. The van der Waals surface area contributed by atoms with E-state index in [-0.39, 0.29) is 21.2 Å². The molecule has 1 rings (SSSR count). The fraction of sp³-hybridized carbons (Fsp3) is 0.111. The maximum absolute atomic E-state index is 10.6. The molecule has 0 fully saturated rings. The van der Waals surface area contributed by atoms with Gasteiger partial charge >= 0.3 is 5.97 Å². The molecule has 0 aromatic heterocycles. The SMILES string of the molecule is N#Cc1ccc(Cl)c(C(O)C(=O)O)c1Cl. The predicted molar refractivity (Wildman–Crippen MR) is 53.8 cm³/mol. The fourth-order valence-corrected chi connectivity index (χ4v) is 1.65. The number of carbonyl (C=O) groups is 1. The number of carboxylic acids is 1. The summed E-state index contributed by atoms with van der Waals surface area (Å²) in [6.45, 7) is 0. The molecule has 0 radical (unpaired) electrons. The van der Waals surface area contributed by atoms with Gasteiger partial charge in [0, 0.05) is 10.6 Å². The highest BCUT2D eigenvalue weighted by Crippen LogP contribution is 2.32. The first-order valence-electron chi connectivity index (χ1n) is 3.78. The van der Waals surface area contributed by atoms with E-state index in [0.717, 1.165) is 0 Å². The highest BCUT2D eigenvalue weighted by Gasteiger charge is 2.23. The fourth-order valence-electron chi connectivity index (χ4n) is 1.03. The molecular formula is C9H5Cl2NO3. The molecule has 1 atom stereocenters. The lowest BCUT2D eigenvalue weighted by Gasteiger charge is -2.10. The van der Waals surface area contributed by atoms with Crippen molar-refractivity contribution in [3.05, 3.63) is 33.3 Å². The highest BCUT2D eigenvalue weighted by molar-refractivity contribution is 6.37. The standard InChI is InChI=1S/C9H5Cl2NO3/c10-5-2-1-4(3-12)7(11)6(5)8(13)9(14)15/h1-2,8,13H,(H,14,15). The Hall–Kier alpha value is -1.28. The quantitative estimate of drug-likeness (QED) is 0.835. The van der Waals surface area contributed by atoms with Crippen molar-refractivity contribution < 1.29 is 15.0 Å². The average Bonchev–Trinajstić information content (AvgIpc) is 2.17. The van der Waals surface area contributed by atoms with Crippen LogP contribution in [0.15, 0.2) is 12.1 Å². The summed E-state index contributed by atoms with van der Waals surface area (Å²) in [5.74, 6) is -1.48. The molecule has 0 amide bonds. The maximum Gasteiger partial charge on any atom is 0.337 e. The third-order valence-electron chi connectivity index (χ3n) is 1.75. The first-order chi connectivity index (χ1) is 6.99. The summed E-state index contributed by atoms with van der Waals surface area (Å²) in [5, 5.41) is 26.4. The minimum atomic E-state index is -1.83. The van der Waals surface area contributed by atoms with E-state index >= 15 is 0 Å². The van der Waals surface area contributed by atoms with Gasteiger partial charge in [0.15, 0.2) is 6.10 Å². The minimum Gasteiger partial charge on any atom is -0.479 e. The molecule has 1 unspecified atom stereocenters. The van der Waals surface area contributed by atoms with Crippen LogP contribution in [0.1, 0.15) is 17.2 Å². The average molecular weight is 246 g/mol. The number of hydrogen-bond acceptors (Lipinski definition) is 3. The van der Waals surface area contributed by atoms with Crippen LogP contribution in [-0.4, -0.2) is 16.2 Å². The Morgan fingerprint density at radius 2 is 2.07 bits per heavy atom. The van der Waals surface area contributed by atoms with Crippen LogP contribution in [-0.2, 0) is 4.79 Å². The van der Waals surface area contributed by atoms with Crippen molar-refractivity contribution in [2.24, 2.45) is 0 Å². The number of carboxylic acid groups (broad SMARTS) is 1. The van der Waals surface area contributed by atoms with Gasteiger partial charge in [-0.25, -0.2) is 4.79 Å². The summed E-state index contributed by atoms with van der Waals surface area (Å²) in [7, 11) is 0. The van der Waals surface area contributed by atoms with Crippen molar-refractivity contribution in [3.63, 3.8) is 0 Å². The smallest absolute Gasteiger partial charge is 0.337 e. The zero-order valence-corrected chi connectivity index (χ0v) is 8.75. The molecule has 1 aromatic rings. The first-order valence-corrected chi connectivity index (χ1v) is 4.53. The number of hydrogen-bond donors (Lipinski definition) is 2. The molecule has 0 bridgehead atoms. The highest BCUT2D eigenvalue weighted by atomic mass is 35.5. The van der Waals surface area contributed by atoms with E-state index < -0.39 is 12.1 Å². The second-order valence-corrected chi connectivity index (χ2v) is 3.46. The van der Waals surface area contributed by atoms with Gasteiger partial charge in [-0.2, -0.15) is 5.26 Å². The molecule has 0 saturated carbocycles. The van der Waals surface area contributed by atoms with Gasteiger partial charge in [0.1, 0.15) is 6.07 Å². The summed E-state index contributed by atoms with van der Waals surface area (Å²) in [6.07, 6.45) is -1.83. The summed E-state index contributed by atoms with van der Waals surface area (Å²) in [5.41, 5.74) is -0.0961. The lowest BCUT2D eigenvalue weighted by molar-refractivity contribution is -0.146. The van der Waals surface area contributed by atoms with Crippen LogP contribution in [0.2, 0.25) is 10.0 Å². The monoisotopic (exact) mass is 245 g/mol. The molecular weight excluding hydrogens is 241 g/mol. The molecule has 1 aromatic carbocycles. The third kappa shape index (κ3) is 2.21. The van der Waals surface area contributed by atoms with E-state index in [4.69, 9.17) is 33.6 Å². The van der Waals surface area contributed by atoms with Crippen LogP contribution in [0.5, 0.6) is 0 Å². The van der Waals surface area contributed by atoms with E-state index in [1.165, 1.54) is 12.1 Å². The Bertz CT molecular complexity index is 453. The van der Waals surface area contributed by atoms with Gasteiger partial charge in [-0.3, -0.25) is 0 Å². The van der Waals surface area contributed by atoms with Gasteiger partial charge in [-0.1, -0.05) is 23.2 Å². The maximum atomic E-state index is 10.6. The van der Waals surface area contributed by atoms with Crippen molar-refractivity contribution in [1.29, 1.82) is 5.26 Å². The van der Waals surface area contributed by atoms with Crippen molar-refractivity contribution >= 4 is 29.2 Å². The number of benzene rings is 1. The van der Waals surface area contributed by atoms with Crippen molar-refractivity contribution in [2.45, 2.75) is 6.10 Å². The normalized spacial score (nSPS) is 11.9. The van der Waals surface area contributed by atoms with Gasteiger partial charge in [-0.15, -0.1) is 0 Å². The van der Waals surface area contributed by atoms with E-state index in [2.05, 4.69) is 0 Å². The van der Waals surface area contributed by atoms with E-state index in [1.54, 1.807) is 6.07 Å². The number of rotatable bonds is 2. The number of halogens is 2. The van der Waals surface area contributed by atoms with Crippen LogP contribution >= 0.6 is 23.2 Å². The van der Waals surface area contributed by atoms with Gasteiger partial charge in [0.25, 0.3) is 0 Å².